The van der Waals surface area contributed by atoms with Gasteiger partial charge < -0.3 is 10.4 Å². The fourth-order valence-electron chi connectivity index (χ4n) is 2.10. The minimum atomic E-state index is -0.271. The molecule has 2 nitrogen and oxygen atoms in total. The normalized spacial score (nSPS) is 19.9. The largest absolute Gasteiger partial charge is 0.388 e. The Morgan fingerprint density at radius 3 is 2.93 bits per heavy atom. The summed E-state index contributed by atoms with van der Waals surface area (Å²) in [5, 5.41) is 13.2. The third kappa shape index (κ3) is 1.62. The zero-order chi connectivity index (χ0) is 10.1. The number of hydrogen-bond donors (Lipinski definition) is 2. The van der Waals surface area contributed by atoms with E-state index in [2.05, 4.69) is 31.3 Å². The van der Waals surface area contributed by atoms with Crippen LogP contribution in [0.25, 0.3) is 0 Å². The van der Waals surface area contributed by atoms with Crippen molar-refractivity contribution in [2.75, 3.05) is 5.32 Å². The first-order valence-electron chi connectivity index (χ1n) is 5.25. The Labute approximate surface area is 85.0 Å². The molecular formula is C12H17NO. The zero-order valence-electron chi connectivity index (χ0n) is 8.75. The Morgan fingerprint density at radius 2 is 2.21 bits per heavy atom. The molecule has 14 heavy (non-hydrogen) atoms. The van der Waals surface area contributed by atoms with E-state index < -0.39 is 0 Å². The van der Waals surface area contributed by atoms with E-state index in [4.69, 9.17) is 0 Å². The van der Waals surface area contributed by atoms with Crippen LogP contribution in [-0.4, -0.2) is 11.1 Å². The highest BCUT2D eigenvalue weighted by Crippen LogP contribution is 2.36. The monoisotopic (exact) mass is 191 g/mol. The molecule has 0 spiro atoms. The number of anilines is 1. The van der Waals surface area contributed by atoms with E-state index in [1.807, 2.05) is 6.07 Å². The molecule has 1 aromatic carbocycles. The van der Waals surface area contributed by atoms with Gasteiger partial charge in [0.05, 0.1) is 6.10 Å². The molecule has 2 N–H and O–H groups in total. The molecule has 0 aromatic heterocycles. The first kappa shape index (κ1) is 9.53. The smallest absolute Gasteiger partial charge is 0.0815 e. The molecule has 2 heteroatoms. The van der Waals surface area contributed by atoms with Gasteiger partial charge in [0.1, 0.15) is 0 Å². The van der Waals surface area contributed by atoms with Crippen LogP contribution >= 0.6 is 0 Å². The SMILES string of the molecule is CC(C)Nc1cccc2c1C(O)CC2. The molecule has 1 aliphatic carbocycles. The van der Waals surface area contributed by atoms with E-state index >= 15 is 0 Å². The lowest BCUT2D eigenvalue weighted by Crippen LogP contribution is -2.12. The molecule has 76 valence electrons. The number of hydrogen-bond acceptors (Lipinski definition) is 2. The molecule has 0 fully saturated rings. The summed E-state index contributed by atoms with van der Waals surface area (Å²) in [6, 6.07) is 6.63. The van der Waals surface area contributed by atoms with E-state index in [1.165, 1.54) is 5.56 Å². The fraction of sp³-hybridized carbons (Fsp3) is 0.500. The Morgan fingerprint density at radius 1 is 1.43 bits per heavy atom. The van der Waals surface area contributed by atoms with Gasteiger partial charge in [0.2, 0.25) is 0 Å². The number of nitrogens with one attached hydrogen (secondary N) is 1. The van der Waals surface area contributed by atoms with E-state index in [0.717, 1.165) is 24.1 Å². The number of rotatable bonds is 2. The summed E-state index contributed by atoms with van der Waals surface area (Å²) in [6.45, 7) is 4.22. The van der Waals surface area contributed by atoms with Gasteiger partial charge in [0.25, 0.3) is 0 Å². The number of fused-ring (bicyclic) bond motifs is 1. The van der Waals surface area contributed by atoms with E-state index in [0.29, 0.717) is 6.04 Å². The van der Waals surface area contributed by atoms with Crippen LogP contribution < -0.4 is 5.32 Å². The topological polar surface area (TPSA) is 32.3 Å². The Kier molecular flexibility index (Phi) is 2.46. The van der Waals surface area contributed by atoms with Gasteiger partial charge in [-0.3, -0.25) is 0 Å². The quantitative estimate of drug-likeness (QED) is 0.752. The fourth-order valence-corrected chi connectivity index (χ4v) is 2.10. The van der Waals surface area contributed by atoms with Crippen LogP contribution in [0.5, 0.6) is 0 Å². The second-order valence-electron chi connectivity index (χ2n) is 4.23. The van der Waals surface area contributed by atoms with Crippen LogP contribution in [0.15, 0.2) is 18.2 Å². The highest BCUT2D eigenvalue weighted by atomic mass is 16.3. The van der Waals surface area contributed by atoms with E-state index in [1.54, 1.807) is 0 Å². The molecule has 0 heterocycles. The summed E-state index contributed by atoms with van der Waals surface area (Å²) in [5.41, 5.74) is 3.51. The van der Waals surface area contributed by atoms with Crippen molar-refractivity contribution in [3.8, 4) is 0 Å². The maximum absolute atomic E-state index is 9.84. The highest BCUT2D eigenvalue weighted by molar-refractivity contribution is 5.58. The van der Waals surface area contributed by atoms with E-state index in [9.17, 15) is 5.11 Å². The molecular weight excluding hydrogens is 174 g/mol. The predicted octanol–water partition coefficient (Wildman–Crippen LogP) is 2.49. The Balaban J connectivity index is 2.36. The lowest BCUT2D eigenvalue weighted by Gasteiger charge is -2.16. The van der Waals surface area contributed by atoms with Crippen LogP contribution in [0.1, 0.15) is 37.5 Å². The van der Waals surface area contributed by atoms with Crippen LogP contribution in [0, 0.1) is 0 Å². The van der Waals surface area contributed by atoms with Crippen molar-refractivity contribution in [2.24, 2.45) is 0 Å². The lowest BCUT2D eigenvalue weighted by molar-refractivity contribution is 0.180. The van der Waals surface area contributed by atoms with Crippen molar-refractivity contribution in [2.45, 2.75) is 38.8 Å². The van der Waals surface area contributed by atoms with Gasteiger partial charge >= 0.3 is 0 Å². The van der Waals surface area contributed by atoms with Crippen LogP contribution in [0.3, 0.4) is 0 Å². The summed E-state index contributed by atoms with van der Waals surface area (Å²) < 4.78 is 0. The minimum Gasteiger partial charge on any atom is -0.388 e. The van der Waals surface area contributed by atoms with Crippen LogP contribution in [0.2, 0.25) is 0 Å². The summed E-state index contributed by atoms with van der Waals surface area (Å²) in [4.78, 5) is 0. The van der Waals surface area contributed by atoms with E-state index in [-0.39, 0.29) is 6.10 Å². The maximum Gasteiger partial charge on any atom is 0.0815 e. The first-order valence-corrected chi connectivity index (χ1v) is 5.25. The summed E-state index contributed by atoms with van der Waals surface area (Å²) in [5.74, 6) is 0. The molecule has 1 aliphatic rings. The molecule has 1 aromatic rings. The lowest BCUT2D eigenvalue weighted by atomic mass is 10.1. The highest BCUT2D eigenvalue weighted by Gasteiger charge is 2.23. The van der Waals surface area contributed by atoms with Crippen molar-refractivity contribution in [3.05, 3.63) is 29.3 Å². The molecule has 0 radical (unpaired) electrons. The maximum atomic E-state index is 9.84. The average Bonchev–Trinajstić information content (AvgIpc) is 2.48. The van der Waals surface area contributed by atoms with Gasteiger partial charge in [-0.1, -0.05) is 12.1 Å². The second kappa shape index (κ2) is 3.62. The Hall–Kier alpha value is -1.02. The number of benzene rings is 1. The predicted molar refractivity (Wildman–Crippen MR) is 58.5 cm³/mol. The molecule has 0 saturated carbocycles. The third-order valence-corrected chi connectivity index (χ3v) is 2.66. The summed E-state index contributed by atoms with van der Waals surface area (Å²) >= 11 is 0. The van der Waals surface area contributed by atoms with Crippen molar-refractivity contribution < 1.29 is 5.11 Å². The summed E-state index contributed by atoms with van der Waals surface area (Å²) in [7, 11) is 0. The molecule has 2 rings (SSSR count). The first-order chi connectivity index (χ1) is 6.68. The number of aryl methyl sites for hydroxylation is 1. The molecule has 0 amide bonds. The second-order valence-corrected chi connectivity index (χ2v) is 4.23. The van der Waals surface area contributed by atoms with Crippen molar-refractivity contribution in [1.29, 1.82) is 0 Å². The van der Waals surface area contributed by atoms with Gasteiger partial charge in [-0.2, -0.15) is 0 Å². The Bertz CT molecular complexity index is 333. The van der Waals surface area contributed by atoms with Crippen LogP contribution in [0.4, 0.5) is 5.69 Å². The molecule has 0 bridgehead atoms. The van der Waals surface area contributed by atoms with Crippen molar-refractivity contribution in [1.82, 2.24) is 0 Å². The minimum absolute atomic E-state index is 0.271. The van der Waals surface area contributed by atoms with Crippen molar-refractivity contribution in [3.63, 3.8) is 0 Å². The molecule has 0 saturated heterocycles. The van der Waals surface area contributed by atoms with Gasteiger partial charge in [-0.05, 0) is 38.3 Å². The number of aliphatic hydroxyl groups excluding tert-OH is 1. The molecule has 1 atom stereocenters. The zero-order valence-corrected chi connectivity index (χ0v) is 8.75. The summed E-state index contributed by atoms with van der Waals surface area (Å²) in [6.07, 6.45) is 1.60. The van der Waals surface area contributed by atoms with Gasteiger partial charge in [-0.15, -0.1) is 0 Å². The van der Waals surface area contributed by atoms with Gasteiger partial charge in [-0.25, -0.2) is 0 Å². The third-order valence-electron chi connectivity index (χ3n) is 2.66. The number of aliphatic hydroxyl groups is 1. The standard InChI is InChI=1S/C12H17NO/c1-8(2)13-10-5-3-4-9-6-7-11(14)12(9)10/h3-5,8,11,13-14H,6-7H2,1-2H3. The molecule has 0 aliphatic heterocycles. The van der Waals surface area contributed by atoms with Crippen LogP contribution in [-0.2, 0) is 6.42 Å². The average molecular weight is 191 g/mol. The molecule has 1 unspecified atom stereocenters. The van der Waals surface area contributed by atoms with Gasteiger partial charge in [0, 0.05) is 17.3 Å². The van der Waals surface area contributed by atoms with Crippen molar-refractivity contribution >= 4 is 5.69 Å². The van der Waals surface area contributed by atoms with Gasteiger partial charge in [0.15, 0.2) is 0 Å².